The first kappa shape index (κ1) is 12.6. The fourth-order valence-corrected chi connectivity index (χ4v) is 3.34. The quantitative estimate of drug-likeness (QED) is 0.567. The molecule has 1 rings (SSSR count). The van der Waals surface area contributed by atoms with Crippen molar-refractivity contribution in [3.63, 3.8) is 0 Å². The maximum absolute atomic E-state index is 5.86. The van der Waals surface area contributed by atoms with Crippen LogP contribution in [0.15, 0.2) is 0 Å². The summed E-state index contributed by atoms with van der Waals surface area (Å²) in [6.45, 7) is 4.54. The molecule has 0 aromatic heterocycles. The molecule has 15 heavy (non-hydrogen) atoms. The summed E-state index contributed by atoms with van der Waals surface area (Å²) in [6.07, 6.45) is 17.8. The first-order valence-corrected chi connectivity index (χ1v) is 6.77. The van der Waals surface area contributed by atoms with Gasteiger partial charge in [0, 0.05) is 5.41 Å². The van der Waals surface area contributed by atoms with Crippen molar-refractivity contribution in [2.24, 2.45) is 11.3 Å². The molecule has 0 N–H and O–H groups in total. The van der Waals surface area contributed by atoms with Crippen molar-refractivity contribution >= 4 is 0 Å². The van der Waals surface area contributed by atoms with Gasteiger partial charge < -0.3 is 0 Å². The Morgan fingerprint density at radius 1 is 1.07 bits per heavy atom. The van der Waals surface area contributed by atoms with Gasteiger partial charge in [0.15, 0.2) is 0 Å². The zero-order valence-corrected chi connectivity index (χ0v) is 10.5. The van der Waals surface area contributed by atoms with Gasteiger partial charge in [0.1, 0.15) is 0 Å². The number of hydrogen-bond acceptors (Lipinski definition) is 0. The fraction of sp³-hybridized carbons (Fsp3) is 0.867. The summed E-state index contributed by atoms with van der Waals surface area (Å²) in [5.74, 6) is 4.00. The average Bonchev–Trinajstić information content (AvgIpc) is 2.30. The topological polar surface area (TPSA) is 0 Å². The first-order chi connectivity index (χ1) is 7.29. The van der Waals surface area contributed by atoms with Gasteiger partial charge in [-0.3, -0.25) is 0 Å². The molecule has 0 heteroatoms. The maximum Gasteiger partial charge on any atom is 0.0340 e. The van der Waals surface area contributed by atoms with Crippen LogP contribution >= 0.6 is 0 Å². The Balaban J connectivity index is 2.71. The molecular weight excluding hydrogens is 180 g/mol. The van der Waals surface area contributed by atoms with Crippen LogP contribution in [0.5, 0.6) is 0 Å². The zero-order chi connectivity index (χ0) is 11.1. The lowest BCUT2D eigenvalue weighted by molar-refractivity contribution is 0.154. The van der Waals surface area contributed by atoms with Crippen molar-refractivity contribution < 1.29 is 0 Å². The van der Waals surface area contributed by atoms with E-state index in [4.69, 9.17) is 6.42 Å². The van der Waals surface area contributed by atoms with Crippen molar-refractivity contribution in [3.05, 3.63) is 0 Å². The summed E-state index contributed by atoms with van der Waals surface area (Å²) in [4.78, 5) is 0. The highest BCUT2D eigenvalue weighted by Crippen LogP contribution is 2.44. The smallest absolute Gasteiger partial charge is 0.0340 e. The van der Waals surface area contributed by atoms with E-state index in [1.54, 1.807) is 0 Å². The molecule has 1 aliphatic carbocycles. The van der Waals surface area contributed by atoms with E-state index in [-0.39, 0.29) is 5.41 Å². The minimum absolute atomic E-state index is 0.240. The molecule has 0 saturated heterocycles. The third-order valence-corrected chi connectivity index (χ3v) is 4.07. The molecule has 1 fully saturated rings. The highest BCUT2D eigenvalue weighted by atomic mass is 14.4. The number of terminal acetylenes is 1. The zero-order valence-electron chi connectivity index (χ0n) is 10.5. The van der Waals surface area contributed by atoms with Crippen molar-refractivity contribution in [2.75, 3.05) is 0 Å². The summed E-state index contributed by atoms with van der Waals surface area (Å²) < 4.78 is 0. The summed E-state index contributed by atoms with van der Waals surface area (Å²) in [6, 6.07) is 0. The van der Waals surface area contributed by atoms with Crippen molar-refractivity contribution in [2.45, 2.75) is 71.6 Å². The van der Waals surface area contributed by atoms with E-state index < -0.39 is 0 Å². The van der Waals surface area contributed by atoms with Gasteiger partial charge >= 0.3 is 0 Å². The van der Waals surface area contributed by atoms with Gasteiger partial charge in [0.2, 0.25) is 0 Å². The standard InChI is InChI=1S/C15H26/c1-4-12-15(6-3,13-5-2)14-10-8-7-9-11-14/h3,14H,4-5,7-13H2,1-2H3. The second-order valence-corrected chi connectivity index (χ2v) is 5.14. The Kier molecular flexibility index (Phi) is 5.23. The fourth-order valence-electron chi connectivity index (χ4n) is 3.34. The predicted octanol–water partition coefficient (Wildman–Crippen LogP) is 4.79. The van der Waals surface area contributed by atoms with Crippen LogP contribution in [-0.4, -0.2) is 0 Å². The third-order valence-electron chi connectivity index (χ3n) is 4.07. The van der Waals surface area contributed by atoms with E-state index in [9.17, 15) is 0 Å². The van der Waals surface area contributed by atoms with Crippen LogP contribution in [0, 0.1) is 23.7 Å². The van der Waals surface area contributed by atoms with E-state index in [0.29, 0.717) is 0 Å². The SMILES string of the molecule is C#CC(CCC)(CCC)C1CCCCC1. The molecule has 0 radical (unpaired) electrons. The van der Waals surface area contributed by atoms with E-state index in [1.807, 2.05) is 0 Å². The molecule has 0 nitrogen and oxygen atoms in total. The van der Waals surface area contributed by atoms with Gasteiger partial charge in [-0.15, -0.1) is 6.42 Å². The molecule has 0 bridgehead atoms. The third kappa shape index (κ3) is 3.00. The van der Waals surface area contributed by atoms with Gasteiger partial charge in [-0.1, -0.05) is 51.9 Å². The predicted molar refractivity (Wildman–Crippen MR) is 67.7 cm³/mol. The molecule has 1 saturated carbocycles. The van der Waals surface area contributed by atoms with Gasteiger partial charge in [0.25, 0.3) is 0 Å². The Morgan fingerprint density at radius 2 is 1.60 bits per heavy atom. The van der Waals surface area contributed by atoms with E-state index >= 15 is 0 Å². The minimum Gasteiger partial charge on any atom is -0.120 e. The van der Waals surface area contributed by atoms with Crippen LogP contribution in [0.4, 0.5) is 0 Å². The average molecular weight is 206 g/mol. The monoisotopic (exact) mass is 206 g/mol. The summed E-state index contributed by atoms with van der Waals surface area (Å²) >= 11 is 0. The summed E-state index contributed by atoms with van der Waals surface area (Å²) in [5, 5.41) is 0. The molecule has 0 heterocycles. The highest BCUT2D eigenvalue weighted by molar-refractivity contribution is 5.08. The molecule has 0 aromatic carbocycles. The maximum atomic E-state index is 5.86. The molecule has 0 atom stereocenters. The molecule has 0 aliphatic heterocycles. The second-order valence-electron chi connectivity index (χ2n) is 5.14. The molecule has 0 amide bonds. The summed E-state index contributed by atoms with van der Waals surface area (Å²) in [7, 11) is 0. The van der Waals surface area contributed by atoms with Crippen molar-refractivity contribution in [3.8, 4) is 12.3 Å². The van der Waals surface area contributed by atoms with E-state index in [0.717, 1.165) is 5.92 Å². The Hall–Kier alpha value is -0.440. The van der Waals surface area contributed by atoms with Crippen LogP contribution in [0.25, 0.3) is 0 Å². The van der Waals surface area contributed by atoms with Gasteiger partial charge in [-0.25, -0.2) is 0 Å². The Bertz CT molecular complexity index is 197. The van der Waals surface area contributed by atoms with Gasteiger partial charge in [-0.05, 0) is 31.6 Å². The van der Waals surface area contributed by atoms with Gasteiger partial charge in [0.05, 0.1) is 0 Å². The Labute approximate surface area is 95.8 Å². The van der Waals surface area contributed by atoms with Crippen LogP contribution in [0.2, 0.25) is 0 Å². The molecule has 0 unspecified atom stereocenters. The lowest BCUT2D eigenvalue weighted by Crippen LogP contribution is -2.30. The first-order valence-electron chi connectivity index (χ1n) is 6.77. The largest absolute Gasteiger partial charge is 0.120 e. The molecule has 0 aromatic rings. The summed E-state index contributed by atoms with van der Waals surface area (Å²) in [5.41, 5.74) is 0.240. The molecule has 86 valence electrons. The van der Waals surface area contributed by atoms with Crippen LogP contribution < -0.4 is 0 Å². The number of rotatable bonds is 5. The highest BCUT2D eigenvalue weighted by Gasteiger charge is 2.35. The van der Waals surface area contributed by atoms with E-state index in [1.165, 1.54) is 57.8 Å². The minimum atomic E-state index is 0.240. The second kappa shape index (κ2) is 6.21. The number of hydrogen-bond donors (Lipinski definition) is 0. The molecule has 1 aliphatic rings. The van der Waals surface area contributed by atoms with Crippen LogP contribution in [0.3, 0.4) is 0 Å². The van der Waals surface area contributed by atoms with Crippen LogP contribution in [-0.2, 0) is 0 Å². The van der Waals surface area contributed by atoms with Crippen LogP contribution in [0.1, 0.15) is 71.6 Å². The lowest BCUT2D eigenvalue weighted by Gasteiger charge is -2.39. The van der Waals surface area contributed by atoms with Crippen molar-refractivity contribution in [1.29, 1.82) is 0 Å². The Morgan fingerprint density at radius 3 is 2.00 bits per heavy atom. The molecular formula is C15H26. The van der Waals surface area contributed by atoms with Crippen molar-refractivity contribution in [1.82, 2.24) is 0 Å². The normalized spacial score (nSPS) is 18.7. The molecule has 0 spiro atoms. The lowest BCUT2D eigenvalue weighted by atomic mass is 9.65. The van der Waals surface area contributed by atoms with Gasteiger partial charge in [-0.2, -0.15) is 0 Å². The van der Waals surface area contributed by atoms with E-state index in [2.05, 4.69) is 19.8 Å².